The van der Waals surface area contributed by atoms with Gasteiger partial charge in [0.15, 0.2) is 0 Å². The minimum atomic E-state index is -0.302. The van der Waals surface area contributed by atoms with Crippen molar-refractivity contribution >= 4 is 23.3 Å². The molecular weight excluding hydrogens is 343 g/mol. The minimum absolute atomic E-state index is 0.220. The number of nitrogens with one attached hydrogen (secondary N) is 1. The molecule has 0 bridgehead atoms. The molecule has 3 rings (SSSR count). The molecular formula is C22H23FN2S. The lowest BCUT2D eigenvalue weighted by atomic mass is 9.66. The fraction of sp³-hybridized carbons (Fsp3) is 0.273. The Kier molecular flexibility index (Phi) is 5.94. The molecule has 0 radical (unpaired) electrons. The number of rotatable bonds is 4. The normalized spacial score (nSPS) is 21.8. The van der Waals surface area contributed by atoms with Crippen molar-refractivity contribution < 1.29 is 4.39 Å². The molecule has 134 valence electrons. The van der Waals surface area contributed by atoms with E-state index in [-0.39, 0.29) is 11.2 Å². The second-order valence-corrected chi connectivity index (χ2v) is 6.94. The van der Waals surface area contributed by atoms with Crippen LogP contribution in [0.2, 0.25) is 0 Å². The quantitative estimate of drug-likeness (QED) is 0.751. The average molecular weight is 367 g/mol. The number of halogens is 1. The lowest BCUT2D eigenvalue weighted by Gasteiger charge is -2.40. The van der Waals surface area contributed by atoms with E-state index in [0.717, 1.165) is 41.8 Å². The first kappa shape index (κ1) is 18.5. The first-order chi connectivity index (χ1) is 12.7. The number of nitrogens with zero attached hydrogens (tertiary/aromatic N) is 1. The summed E-state index contributed by atoms with van der Waals surface area (Å²) >= 11 is 5.76. The van der Waals surface area contributed by atoms with Gasteiger partial charge in [0.25, 0.3) is 0 Å². The van der Waals surface area contributed by atoms with Gasteiger partial charge in [-0.05, 0) is 48.6 Å². The summed E-state index contributed by atoms with van der Waals surface area (Å²) in [7, 11) is 1.89. The molecule has 1 aromatic heterocycles. The van der Waals surface area contributed by atoms with Crippen LogP contribution in [0.25, 0.3) is 6.08 Å². The van der Waals surface area contributed by atoms with E-state index in [0.29, 0.717) is 0 Å². The molecule has 0 amide bonds. The van der Waals surface area contributed by atoms with E-state index in [1.165, 1.54) is 17.7 Å². The molecule has 0 spiro atoms. The summed E-state index contributed by atoms with van der Waals surface area (Å²) in [4.78, 5) is 5.16. The Morgan fingerprint density at radius 3 is 2.73 bits per heavy atom. The smallest absolute Gasteiger partial charge is 0.123 e. The van der Waals surface area contributed by atoms with Crippen molar-refractivity contribution in [3.8, 4) is 0 Å². The first-order valence-corrected chi connectivity index (χ1v) is 9.33. The van der Waals surface area contributed by atoms with Gasteiger partial charge in [0, 0.05) is 19.4 Å². The molecule has 2 aromatic rings. The second-order valence-electron chi connectivity index (χ2n) is 6.54. The van der Waals surface area contributed by atoms with Gasteiger partial charge in [-0.1, -0.05) is 60.6 Å². The maximum absolute atomic E-state index is 13.1. The first-order valence-electron chi connectivity index (χ1n) is 8.93. The predicted molar refractivity (Wildman–Crippen MR) is 110 cm³/mol. The van der Waals surface area contributed by atoms with Crippen LogP contribution >= 0.6 is 12.2 Å². The molecule has 0 saturated heterocycles. The molecule has 1 aliphatic rings. The molecule has 1 atom stereocenters. The van der Waals surface area contributed by atoms with E-state index < -0.39 is 0 Å². The fourth-order valence-electron chi connectivity index (χ4n) is 3.70. The monoisotopic (exact) mass is 366 g/mol. The molecule has 1 fully saturated rings. The standard InChI is InChI=1S/C22H23FN2S/c1-24-21(26)22(19-9-5-15-25-16-19)14-3-2-7-18(22)8-4-6-17-10-12-20(23)13-11-17/h4-6,8-13,15-16H,2-3,7,14H2,1H3,(H,24,26). The van der Waals surface area contributed by atoms with E-state index in [2.05, 4.69) is 22.4 Å². The van der Waals surface area contributed by atoms with Crippen molar-refractivity contribution in [2.45, 2.75) is 31.1 Å². The van der Waals surface area contributed by atoms with E-state index in [1.807, 2.05) is 31.5 Å². The topological polar surface area (TPSA) is 24.9 Å². The summed E-state index contributed by atoms with van der Waals surface area (Å²) in [6.45, 7) is 0. The average Bonchev–Trinajstić information content (AvgIpc) is 2.70. The van der Waals surface area contributed by atoms with Crippen LogP contribution in [0.3, 0.4) is 0 Å². The van der Waals surface area contributed by atoms with Gasteiger partial charge in [-0.25, -0.2) is 4.39 Å². The molecule has 1 aliphatic carbocycles. The number of pyridine rings is 1. The highest BCUT2D eigenvalue weighted by molar-refractivity contribution is 7.80. The summed E-state index contributed by atoms with van der Waals surface area (Å²) in [5.74, 6) is -0.220. The van der Waals surface area contributed by atoms with Crippen LogP contribution in [0.5, 0.6) is 0 Å². The fourth-order valence-corrected chi connectivity index (χ4v) is 4.05. The molecule has 1 aromatic carbocycles. The van der Waals surface area contributed by atoms with Crippen molar-refractivity contribution in [2.75, 3.05) is 7.05 Å². The molecule has 1 saturated carbocycles. The zero-order valence-electron chi connectivity index (χ0n) is 14.9. The third kappa shape index (κ3) is 3.75. The van der Waals surface area contributed by atoms with E-state index in [4.69, 9.17) is 12.2 Å². The van der Waals surface area contributed by atoms with Crippen LogP contribution in [0.4, 0.5) is 4.39 Å². The van der Waals surface area contributed by atoms with Crippen molar-refractivity contribution in [2.24, 2.45) is 0 Å². The number of allylic oxidation sites excluding steroid dienone is 2. The number of thiocarbonyl (C=S) groups is 1. The number of likely N-dealkylation sites (N-methyl/N-ethyl adjacent to an activating group) is 1. The van der Waals surface area contributed by atoms with Gasteiger partial charge in [-0.3, -0.25) is 4.98 Å². The maximum atomic E-state index is 13.1. The Bertz CT molecular complexity index is 812. The summed E-state index contributed by atoms with van der Waals surface area (Å²) in [5, 5.41) is 3.22. The van der Waals surface area contributed by atoms with Crippen molar-refractivity contribution in [3.05, 3.63) is 83.5 Å². The van der Waals surface area contributed by atoms with Crippen molar-refractivity contribution in [3.63, 3.8) is 0 Å². The molecule has 2 nitrogen and oxygen atoms in total. The van der Waals surface area contributed by atoms with Crippen LogP contribution in [-0.4, -0.2) is 17.0 Å². The molecule has 1 heterocycles. The van der Waals surface area contributed by atoms with Gasteiger partial charge in [0.05, 0.1) is 10.4 Å². The Hall–Kier alpha value is -2.33. The summed E-state index contributed by atoms with van der Waals surface area (Å²) in [5.41, 5.74) is 3.11. The third-order valence-electron chi connectivity index (χ3n) is 5.02. The zero-order chi connectivity index (χ0) is 18.4. The van der Waals surface area contributed by atoms with E-state index >= 15 is 0 Å². The van der Waals surface area contributed by atoms with Crippen molar-refractivity contribution in [1.29, 1.82) is 0 Å². The highest BCUT2D eigenvalue weighted by Gasteiger charge is 2.41. The Morgan fingerprint density at radius 2 is 2.04 bits per heavy atom. The Labute approximate surface area is 159 Å². The third-order valence-corrected chi connectivity index (χ3v) is 5.57. The van der Waals surface area contributed by atoms with Crippen LogP contribution < -0.4 is 5.32 Å². The number of benzene rings is 1. The van der Waals surface area contributed by atoms with Gasteiger partial charge >= 0.3 is 0 Å². The van der Waals surface area contributed by atoms with Gasteiger partial charge in [0.1, 0.15) is 5.82 Å². The van der Waals surface area contributed by atoms with Crippen LogP contribution in [-0.2, 0) is 5.41 Å². The largest absolute Gasteiger partial charge is 0.382 e. The lowest BCUT2D eigenvalue weighted by Crippen LogP contribution is -2.45. The number of aromatic nitrogens is 1. The van der Waals surface area contributed by atoms with Gasteiger partial charge in [0.2, 0.25) is 0 Å². The summed E-state index contributed by atoms with van der Waals surface area (Å²) in [6.07, 6.45) is 14.2. The molecule has 26 heavy (non-hydrogen) atoms. The molecule has 4 heteroatoms. The van der Waals surface area contributed by atoms with Gasteiger partial charge < -0.3 is 5.32 Å². The highest BCUT2D eigenvalue weighted by atomic mass is 32.1. The van der Waals surface area contributed by atoms with Gasteiger partial charge in [-0.2, -0.15) is 0 Å². The Morgan fingerprint density at radius 1 is 1.23 bits per heavy atom. The maximum Gasteiger partial charge on any atom is 0.123 e. The van der Waals surface area contributed by atoms with E-state index in [1.54, 1.807) is 18.3 Å². The number of hydrogen-bond donors (Lipinski definition) is 1. The lowest BCUT2D eigenvalue weighted by molar-refractivity contribution is 0.474. The van der Waals surface area contributed by atoms with Crippen molar-refractivity contribution in [1.82, 2.24) is 10.3 Å². The molecule has 1 unspecified atom stereocenters. The molecule has 1 N–H and O–H groups in total. The SMILES string of the molecule is CNC(=S)C1(c2cccnc2)CCCCC1=CC=Cc1ccc(F)cc1. The minimum Gasteiger partial charge on any atom is -0.382 e. The predicted octanol–water partition coefficient (Wildman–Crippen LogP) is 5.22. The van der Waals surface area contributed by atoms with Gasteiger partial charge in [-0.15, -0.1) is 0 Å². The van der Waals surface area contributed by atoms with Crippen LogP contribution in [0.1, 0.15) is 36.8 Å². The highest BCUT2D eigenvalue weighted by Crippen LogP contribution is 2.44. The van der Waals surface area contributed by atoms with Crippen LogP contribution in [0, 0.1) is 5.82 Å². The van der Waals surface area contributed by atoms with Crippen LogP contribution in [0.15, 0.2) is 66.5 Å². The summed E-state index contributed by atoms with van der Waals surface area (Å²) in [6, 6.07) is 10.6. The van der Waals surface area contributed by atoms with E-state index in [9.17, 15) is 4.39 Å². The summed E-state index contributed by atoms with van der Waals surface area (Å²) < 4.78 is 13.1. The Balaban J connectivity index is 1.98. The second kappa shape index (κ2) is 8.37. The number of hydrogen-bond acceptors (Lipinski definition) is 2. The zero-order valence-corrected chi connectivity index (χ0v) is 15.7. The molecule has 0 aliphatic heterocycles.